The van der Waals surface area contributed by atoms with E-state index in [-0.39, 0.29) is 22.9 Å². The molecule has 1 amide bonds. The maximum absolute atomic E-state index is 13.1. The first kappa shape index (κ1) is 23.4. The molecule has 1 aliphatic heterocycles. The Morgan fingerprint density at radius 1 is 1.11 bits per heavy atom. The molecule has 2 N–H and O–H groups in total. The number of ether oxygens (including phenoxy) is 1. The second-order valence-corrected chi connectivity index (χ2v) is 11.3. The van der Waals surface area contributed by atoms with Gasteiger partial charge < -0.3 is 10.1 Å². The molecule has 2 saturated carbocycles. The highest BCUT2D eigenvalue weighted by Gasteiger charge is 2.54. The summed E-state index contributed by atoms with van der Waals surface area (Å²) < 4.78 is 7.75. The van der Waals surface area contributed by atoms with Gasteiger partial charge in [0.2, 0.25) is 0 Å². The van der Waals surface area contributed by atoms with Crippen molar-refractivity contribution in [2.45, 2.75) is 50.5 Å². The zero-order valence-electron chi connectivity index (χ0n) is 21.4. The van der Waals surface area contributed by atoms with E-state index in [4.69, 9.17) is 4.74 Å². The van der Waals surface area contributed by atoms with Gasteiger partial charge in [0.15, 0.2) is 0 Å². The quantitative estimate of drug-likeness (QED) is 0.393. The minimum atomic E-state index is -0.140. The van der Waals surface area contributed by atoms with E-state index >= 15 is 0 Å². The number of nitrogens with zero attached hydrogens (tertiary/aromatic N) is 4. The number of amides is 1. The third kappa shape index (κ3) is 4.15. The first-order chi connectivity index (χ1) is 18.6. The molecule has 3 fully saturated rings. The van der Waals surface area contributed by atoms with Crippen molar-refractivity contribution in [3.05, 3.63) is 70.5 Å². The highest BCUT2D eigenvalue weighted by Crippen LogP contribution is 2.62. The Hall–Kier alpha value is -3.72. The summed E-state index contributed by atoms with van der Waals surface area (Å²) in [5.41, 5.74) is 2.37. The molecule has 196 valence electrons. The van der Waals surface area contributed by atoms with E-state index < -0.39 is 0 Å². The van der Waals surface area contributed by atoms with Crippen LogP contribution in [0, 0.1) is 5.41 Å². The van der Waals surface area contributed by atoms with Crippen LogP contribution in [0.15, 0.2) is 53.6 Å². The van der Waals surface area contributed by atoms with Crippen molar-refractivity contribution >= 4 is 22.3 Å². The number of hydrogen-bond acceptors (Lipinski definition) is 6. The molecular formula is C29H32N6O3. The van der Waals surface area contributed by atoms with Crippen LogP contribution < -0.4 is 15.6 Å². The molecule has 3 aliphatic rings. The van der Waals surface area contributed by atoms with Gasteiger partial charge in [0.25, 0.3) is 11.5 Å². The predicted molar refractivity (Wildman–Crippen MR) is 144 cm³/mol. The van der Waals surface area contributed by atoms with E-state index in [1.807, 2.05) is 47.0 Å². The number of likely N-dealkylation sites (tertiary alicyclic amines) is 1. The Balaban J connectivity index is 0.939. The molecule has 3 aromatic heterocycles. The number of nitrogens with one attached hydrogen (secondary N) is 2. The van der Waals surface area contributed by atoms with Gasteiger partial charge in [-0.15, -0.1) is 0 Å². The normalized spacial score (nSPS) is 24.9. The van der Waals surface area contributed by atoms with Crippen molar-refractivity contribution < 1.29 is 9.53 Å². The van der Waals surface area contributed by atoms with Crippen LogP contribution in [-0.4, -0.2) is 62.7 Å². The maximum Gasteiger partial charge on any atom is 0.272 e. The molecule has 1 saturated heterocycles. The number of carbonyl (C=O) groups excluding carboxylic acids is 1. The van der Waals surface area contributed by atoms with Crippen LogP contribution in [0.1, 0.15) is 60.6 Å². The SMILES string of the molecule is O=C(NC1CC2(C1)CC(c1n[nH]c(=O)c3ccccc13)C2)c1cnc2cc(OCCN3CCCC3)ccn12. The van der Waals surface area contributed by atoms with Crippen LogP contribution in [0.5, 0.6) is 5.75 Å². The molecule has 9 nitrogen and oxygen atoms in total. The van der Waals surface area contributed by atoms with Gasteiger partial charge in [-0.25, -0.2) is 10.1 Å². The molecule has 7 rings (SSSR count). The molecule has 9 heteroatoms. The summed E-state index contributed by atoms with van der Waals surface area (Å²) in [6.45, 7) is 3.92. The summed E-state index contributed by atoms with van der Waals surface area (Å²) in [6.07, 6.45) is 10.1. The van der Waals surface area contributed by atoms with Crippen LogP contribution in [-0.2, 0) is 0 Å². The van der Waals surface area contributed by atoms with E-state index in [9.17, 15) is 9.59 Å². The number of benzene rings is 1. The number of fused-ring (bicyclic) bond motifs is 2. The lowest BCUT2D eigenvalue weighted by Gasteiger charge is -2.57. The predicted octanol–water partition coefficient (Wildman–Crippen LogP) is 3.50. The molecule has 1 aromatic carbocycles. The van der Waals surface area contributed by atoms with Crippen LogP contribution in [0.25, 0.3) is 16.4 Å². The van der Waals surface area contributed by atoms with Crippen LogP contribution in [0.4, 0.5) is 0 Å². The van der Waals surface area contributed by atoms with Gasteiger partial charge in [0, 0.05) is 36.2 Å². The van der Waals surface area contributed by atoms with Crippen molar-refractivity contribution in [2.24, 2.45) is 5.41 Å². The van der Waals surface area contributed by atoms with E-state index in [1.165, 1.54) is 12.8 Å². The first-order valence-electron chi connectivity index (χ1n) is 13.7. The summed E-state index contributed by atoms with van der Waals surface area (Å²) >= 11 is 0. The molecule has 1 spiro atoms. The molecule has 0 bridgehead atoms. The fraction of sp³-hybridized carbons (Fsp3) is 0.448. The molecule has 0 radical (unpaired) electrons. The fourth-order valence-corrected chi connectivity index (χ4v) is 6.82. The van der Waals surface area contributed by atoms with Crippen molar-refractivity contribution in [3.8, 4) is 5.75 Å². The van der Waals surface area contributed by atoms with Crippen molar-refractivity contribution in [2.75, 3.05) is 26.2 Å². The highest BCUT2D eigenvalue weighted by molar-refractivity contribution is 5.93. The summed E-state index contributed by atoms with van der Waals surface area (Å²) in [4.78, 5) is 32.0. The zero-order chi connectivity index (χ0) is 25.7. The largest absolute Gasteiger partial charge is 0.492 e. The van der Waals surface area contributed by atoms with Gasteiger partial charge in [-0.3, -0.25) is 18.9 Å². The average molecular weight is 513 g/mol. The Labute approximate surface area is 220 Å². The number of pyridine rings is 1. The van der Waals surface area contributed by atoms with Gasteiger partial charge in [-0.05, 0) is 69.2 Å². The monoisotopic (exact) mass is 512 g/mol. The van der Waals surface area contributed by atoms with E-state index in [1.54, 1.807) is 6.20 Å². The Morgan fingerprint density at radius 2 is 1.89 bits per heavy atom. The number of aromatic nitrogens is 4. The second-order valence-electron chi connectivity index (χ2n) is 11.3. The number of carbonyl (C=O) groups is 1. The minimum absolute atomic E-state index is 0.0933. The minimum Gasteiger partial charge on any atom is -0.492 e. The van der Waals surface area contributed by atoms with Crippen molar-refractivity contribution in [1.29, 1.82) is 0 Å². The van der Waals surface area contributed by atoms with E-state index in [0.29, 0.717) is 29.3 Å². The Morgan fingerprint density at radius 3 is 2.71 bits per heavy atom. The average Bonchev–Trinajstić information content (AvgIpc) is 3.55. The summed E-state index contributed by atoms with van der Waals surface area (Å²) in [6, 6.07) is 11.6. The van der Waals surface area contributed by atoms with Crippen molar-refractivity contribution in [3.63, 3.8) is 0 Å². The summed E-state index contributed by atoms with van der Waals surface area (Å²) in [7, 11) is 0. The Bertz CT molecular complexity index is 1560. The molecular weight excluding hydrogens is 480 g/mol. The van der Waals surface area contributed by atoms with Gasteiger partial charge in [-0.1, -0.05) is 18.2 Å². The highest BCUT2D eigenvalue weighted by atomic mass is 16.5. The summed E-state index contributed by atoms with van der Waals surface area (Å²) in [5.74, 6) is 1.03. The number of imidazole rings is 1. The lowest BCUT2D eigenvalue weighted by atomic mass is 9.49. The zero-order valence-corrected chi connectivity index (χ0v) is 21.4. The van der Waals surface area contributed by atoms with E-state index in [0.717, 1.165) is 62.1 Å². The van der Waals surface area contributed by atoms with Crippen LogP contribution in [0.3, 0.4) is 0 Å². The third-order valence-electron chi connectivity index (χ3n) is 8.76. The van der Waals surface area contributed by atoms with Gasteiger partial charge in [-0.2, -0.15) is 5.10 Å². The van der Waals surface area contributed by atoms with Gasteiger partial charge in [0.1, 0.15) is 23.7 Å². The second kappa shape index (κ2) is 9.23. The van der Waals surface area contributed by atoms with E-state index in [2.05, 4.69) is 25.4 Å². The molecule has 4 heterocycles. The lowest BCUT2D eigenvalue weighted by Crippen LogP contribution is -2.55. The number of rotatable bonds is 7. The lowest BCUT2D eigenvalue weighted by molar-refractivity contribution is -0.0197. The number of hydrogen-bond donors (Lipinski definition) is 2. The van der Waals surface area contributed by atoms with Crippen LogP contribution in [0.2, 0.25) is 0 Å². The molecule has 38 heavy (non-hydrogen) atoms. The molecule has 0 unspecified atom stereocenters. The topological polar surface area (TPSA) is 105 Å². The number of H-pyrrole nitrogens is 1. The summed E-state index contributed by atoms with van der Waals surface area (Å²) in [5, 5.41) is 11.9. The molecule has 0 atom stereocenters. The van der Waals surface area contributed by atoms with Crippen LogP contribution >= 0.6 is 0 Å². The molecule has 2 aliphatic carbocycles. The number of aromatic amines is 1. The van der Waals surface area contributed by atoms with Gasteiger partial charge >= 0.3 is 0 Å². The first-order valence-corrected chi connectivity index (χ1v) is 13.7. The van der Waals surface area contributed by atoms with Crippen molar-refractivity contribution in [1.82, 2.24) is 29.8 Å². The Kier molecular flexibility index (Phi) is 5.69. The molecule has 4 aromatic rings. The smallest absolute Gasteiger partial charge is 0.272 e. The fourth-order valence-electron chi connectivity index (χ4n) is 6.82. The van der Waals surface area contributed by atoms with Gasteiger partial charge in [0.05, 0.1) is 17.3 Å². The standard InChI is InChI=1S/C29H32N6O3/c36-27-23-6-2-1-5-22(23)26(32-33-27)19-14-29(15-19)16-20(17-29)31-28(37)24-18-30-25-13-21(7-10-35(24)25)38-12-11-34-8-3-4-9-34/h1-2,5-7,10,13,18-20H,3-4,8-9,11-12,14-17H2,(H,31,37)(H,33,36). The maximum atomic E-state index is 13.1. The third-order valence-corrected chi connectivity index (χ3v) is 8.76.